The highest BCUT2D eigenvalue weighted by Gasteiger charge is 2.48. The van der Waals surface area contributed by atoms with Crippen LogP contribution in [0.15, 0.2) is 24.3 Å². The Morgan fingerprint density at radius 1 is 1.10 bits per heavy atom. The van der Waals surface area contributed by atoms with E-state index < -0.39 is 0 Å². The van der Waals surface area contributed by atoms with Gasteiger partial charge < -0.3 is 10.6 Å². The first-order valence-corrected chi connectivity index (χ1v) is 7.50. The van der Waals surface area contributed by atoms with Crippen LogP contribution in [0.1, 0.15) is 32.1 Å². The van der Waals surface area contributed by atoms with Crippen molar-refractivity contribution in [2.24, 2.45) is 11.8 Å². The largest absolute Gasteiger partial charge is 0.353 e. The van der Waals surface area contributed by atoms with Gasteiger partial charge in [0.15, 0.2) is 0 Å². The summed E-state index contributed by atoms with van der Waals surface area (Å²) >= 11 is 0. The second kappa shape index (κ2) is 5.84. The van der Waals surface area contributed by atoms with Crippen molar-refractivity contribution in [2.45, 2.75) is 38.1 Å². The summed E-state index contributed by atoms with van der Waals surface area (Å²) in [6.45, 7) is 0. The summed E-state index contributed by atoms with van der Waals surface area (Å²) < 4.78 is 13.1. The minimum absolute atomic E-state index is 0.0127. The van der Waals surface area contributed by atoms with Crippen LogP contribution in [0.25, 0.3) is 0 Å². The first-order valence-electron chi connectivity index (χ1n) is 7.50. The van der Waals surface area contributed by atoms with Crippen molar-refractivity contribution in [1.82, 2.24) is 5.32 Å². The van der Waals surface area contributed by atoms with Crippen LogP contribution < -0.4 is 10.6 Å². The molecule has 2 fully saturated rings. The SMILES string of the molecule is O=C(Nc1cccc(F)c1)C1CC1C(=O)NC1CCCC1. The maximum Gasteiger partial charge on any atom is 0.228 e. The molecule has 1 aromatic rings. The third-order valence-electron chi connectivity index (χ3n) is 4.26. The Bertz CT molecular complexity index is 555. The minimum atomic E-state index is -0.390. The molecule has 2 atom stereocenters. The van der Waals surface area contributed by atoms with Gasteiger partial charge in [0.05, 0.1) is 11.8 Å². The predicted octanol–water partition coefficient (Wildman–Crippen LogP) is 2.46. The highest BCUT2D eigenvalue weighted by molar-refractivity contribution is 5.99. The molecule has 2 unspecified atom stereocenters. The molecule has 0 bridgehead atoms. The van der Waals surface area contributed by atoms with Gasteiger partial charge in [-0.1, -0.05) is 18.9 Å². The number of anilines is 1. The van der Waals surface area contributed by atoms with Gasteiger partial charge in [0.2, 0.25) is 11.8 Å². The Morgan fingerprint density at radius 2 is 1.81 bits per heavy atom. The second-order valence-corrected chi connectivity index (χ2v) is 5.94. The molecule has 0 spiro atoms. The Labute approximate surface area is 123 Å². The number of halogens is 1. The zero-order valence-electron chi connectivity index (χ0n) is 11.8. The van der Waals surface area contributed by atoms with Gasteiger partial charge in [-0.05, 0) is 37.5 Å². The summed E-state index contributed by atoms with van der Waals surface area (Å²) in [5.41, 5.74) is 0.432. The minimum Gasteiger partial charge on any atom is -0.353 e. The molecule has 4 nitrogen and oxygen atoms in total. The maximum absolute atomic E-state index is 13.1. The fraction of sp³-hybridized carbons (Fsp3) is 0.500. The molecule has 112 valence electrons. The quantitative estimate of drug-likeness (QED) is 0.895. The molecule has 2 amide bonds. The van der Waals surface area contributed by atoms with Crippen LogP contribution >= 0.6 is 0 Å². The summed E-state index contributed by atoms with van der Waals surface area (Å²) in [4.78, 5) is 24.1. The summed E-state index contributed by atoms with van der Waals surface area (Å²) in [6, 6.07) is 6.06. The summed E-state index contributed by atoms with van der Waals surface area (Å²) in [5.74, 6) is -1.11. The molecule has 0 radical (unpaired) electrons. The van der Waals surface area contributed by atoms with E-state index in [0.29, 0.717) is 12.1 Å². The van der Waals surface area contributed by atoms with Crippen LogP contribution in [-0.2, 0) is 9.59 Å². The van der Waals surface area contributed by atoms with Gasteiger partial charge >= 0.3 is 0 Å². The molecule has 0 heterocycles. The lowest BCUT2D eigenvalue weighted by molar-refractivity contribution is -0.125. The average molecular weight is 290 g/mol. The van der Waals surface area contributed by atoms with Crippen LogP contribution in [0.5, 0.6) is 0 Å². The van der Waals surface area contributed by atoms with Crippen LogP contribution in [0, 0.1) is 17.7 Å². The number of carbonyl (C=O) groups is 2. The number of benzene rings is 1. The summed E-state index contributed by atoms with van der Waals surface area (Å²) in [7, 11) is 0. The first-order chi connectivity index (χ1) is 10.1. The fourth-order valence-electron chi connectivity index (χ4n) is 2.95. The third-order valence-corrected chi connectivity index (χ3v) is 4.26. The Morgan fingerprint density at radius 3 is 2.52 bits per heavy atom. The average Bonchev–Trinajstić information content (AvgIpc) is 3.10. The smallest absolute Gasteiger partial charge is 0.228 e. The van der Waals surface area contributed by atoms with Crippen LogP contribution in [0.3, 0.4) is 0 Å². The molecule has 3 rings (SSSR count). The zero-order valence-corrected chi connectivity index (χ0v) is 11.8. The van der Waals surface area contributed by atoms with Crippen molar-refractivity contribution < 1.29 is 14.0 Å². The highest BCUT2D eigenvalue weighted by atomic mass is 19.1. The van der Waals surface area contributed by atoms with Gasteiger partial charge in [0.25, 0.3) is 0 Å². The predicted molar refractivity (Wildman–Crippen MR) is 77.0 cm³/mol. The van der Waals surface area contributed by atoms with Gasteiger partial charge in [-0.15, -0.1) is 0 Å². The van der Waals surface area contributed by atoms with Gasteiger partial charge in [-0.3, -0.25) is 9.59 Å². The van der Waals surface area contributed by atoms with Crippen molar-refractivity contribution in [3.63, 3.8) is 0 Å². The van der Waals surface area contributed by atoms with Crippen molar-refractivity contribution >= 4 is 17.5 Å². The molecule has 5 heteroatoms. The van der Waals surface area contributed by atoms with E-state index in [2.05, 4.69) is 10.6 Å². The van der Waals surface area contributed by atoms with E-state index in [1.165, 1.54) is 25.0 Å². The molecular formula is C16H19FN2O2. The molecule has 21 heavy (non-hydrogen) atoms. The molecule has 2 saturated carbocycles. The number of hydrogen-bond acceptors (Lipinski definition) is 2. The van der Waals surface area contributed by atoms with Gasteiger partial charge in [0.1, 0.15) is 5.82 Å². The number of rotatable bonds is 4. The number of amides is 2. The van der Waals surface area contributed by atoms with E-state index in [0.717, 1.165) is 12.8 Å². The van der Waals surface area contributed by atoms with Crippen molar-refractivity contribution in [1.29, 1.82) is 0 Å². The molecule has 0 aliphatic heterocycles. The zero-order chi connectivity index (χ0) is 14.8. The lowest BCUT2D eigenvalue weighted by Gasteiger charge is -2.11. The highest BCUT2D eigenvalue weighted by Crippen LogP contribution is 2.40. The molecule has 0 saturated heterocycles. The van der Waals surface area contributed by atoms with Crippen molar-refractivity contribution in [2.75, 3.05) is 5.32 Å². The van der Waals surface area contributed by atoms with E-state index in [1.807, 2.05) is 0 Å². The van der Waals surface area contributed by atoms with Gasteiger partial charge in [-0.25, -0.2) is 4.39 Å². The molecule has 2 N–H and O–H groups in total. The lowest BCUT2D eigenvalue weighted by Crippen LogP contribution is -2.34. The van der Waals surface area contributed by atoms with Crippen LogP contribution in [0.4, 0.5) is 10.1 Å². The lowest BCUT2D eigenvalue weighted by atomic mass is 10.2. The first kappa shape index (κ1) is 14.0. The standard InChI is InChI=1S/C16H19FN2O2/c17-10-4-3-7-12(8-10)19-16(21)14-9-13(14)15(20)18-11-5-1-2-6-11/h3-4,7-8,11,13-14H,1-2,5-6,9H2,(H,18,20)(H,19,21). The fourth-order valence-corrected chi connectivity index (χ4v) is 2.95. The topological polar surface area (TPSA) is 58.2 Å². The molecule has 0 aromatic heterocycles. The monoisotopic (exact) mass is 290 g/mol. The number of nitrogens with one attached hydrogen (secondary N) is 2. The van der Waals surface area contributed by atoms with E-state index in [-0.39, 0.29) is 35.5 Å². The summed E-state index contributed by atoms with van der Waals surface area (Å²) in [6.07, 6.45) is 5.00. The Hall–Kier alpha value is -1.91. The van der Waals surface area contributed by atoms with E-state index in [4.69, 9.17) is 0 Å². The molecule has 1 aromatic carbocycles. The van der Waals surface area contributed by atoms with E-state index in [9.17, 15) is 14.0 Å². The second-order valence-electron chi connectivity index (χ2n) is 5.94. The van der Waals surface area contributed by atoms with E-state index >= 15 is 0 Å². The summed E-state index contributed by atoms with van der Waals surface area (Å²) in [5, 5.41) is 5.68. The normalized spacial score (nSPS) is 24.6. The molecule has 2 aliphatic carbocycles. The Kier molecular flexibility index (Phi) is 3.90. The van der Waals surface area contributed by atoms with Crippen molar-refractivity contribution in [3.05, 3.63) is 30.1 Å². The Balaban J connectivity index is 1.50. The van der Waals surface area contributed by atoms with Crippen LogP contribution in [-0.4, -0.2) is 17.9 Å². The molecular weight excluding hydrogens is 271 g/mol. The van der Waals surface area contributed by atoms with Gasteiger partial charge in [-0.2, -0.15) is 0 Å². The van der Waals surface area contributed by atoms with Gasteiger partial charge in [0, 0.05) is 11.7 Å². The van der Waals surface area contributed by atoms with E-state index in [1.54, 1.807) is 12.1 Å². The maximum atomic E-state index is 13.1. The van der Waals surface area contributed by atoms with Crippen LogP contribution in [0.2, 0.25) is 0 Å². The molecule has 2 aliphatic rings. The number of carbonyl (C=O) groups excluding carboxylic acids is 2. The third kappa shape index (κ3) is 3.40. The number of hydrogen-bond donors (Lipinski definition) is 2. The van der Waals surface area contributed by atoms with Crippen molar-refractivity contribution in [3.8, 4) is 0 Å².